The highest BCUT2D eigenvalue weighted by Crippen LogP contribution is 2.39. The lowest BCUT2D eigenvalue weighted by atomic mass is 10.1. The molecule has 0 radical (unpaired) electrons. The summed E-state index contributed by atoms with van der Waals surface area (Å²) in [6.07, 6.45) is -0.136. The quantitative estimate of drug-likeness (QED) is 0.609. The Morgan fingerprint density at radius 3 is 2.81 bits per heavy atom. The van der Waals surface area contributed by atoms with E-state index in [4.69, 9.17) is 9.47 Å². The molecule has 4 rings (SSSR count). The van der Waals surface area contributed by atoms with Gasteiger partial charge < -0.3 is 9.47 Å². The van der Waals surface area contributed by atoms with E-state index < -0.39 is 16.2 Å². The zero-order chi connectivity index (χ0) is 19.2. The van der Waals surface area contributed by atoms with E-state index in [1.165, 1.54) is 6.07 Å². The van der Waals surface area contributed by atoms with Crippen LogP contribution in [0.5, 0.6) is 11.5 Å². The van der Waals surface area contributed by atoms with Gasteiger partial charge in [0, 0.05) is 22.0 Å². The molecule has 1 N–H and O–H groups in total. The summed E-state index contributed by atoms with van der Waals surface area (Å²) >= 11 is 3.34. The summed E-state index contributed by atoms with van der Waals surface area (Å²) in [6.45, 7) is 2.19. The molecule has 0 fully saturated rings. The maximum absolute atomic E-state index is 11.7. The van der Waals surface area contributed by atoms with Crippen molar-refractivity contribution in [3.8, 4) is 11.5 Å². The number of nitrogens with zero attached hydrogens (tertiary/aromatic N) is 1. The van der Waals surface area contributed by atoms with Crippen LogP contribution in [0.4, 0.5) is 0 Å². The third-order valence-electron chi connectivity index (χ3n) is 4.38. The molecule has 8 heteroatoms. The number of aryl methyl sites for hydroxylation is 1. The molecule has 3 aromatic rings. The van der Waals surface area contributed by atoms with E-state index in [2.05, 4.69) is 20.9 Å². The average Bonchev–Trinajstić information content (AvgIpc) is 2.60. The third kappa shape index (κ3) is 3.65. The minimum atomic E-state index is -4.33. The van der Waals surface area contributed by atoms with Gasteiger partial charge in [-0.25, -0.2) is 0 Å². The number of rotatable bonds is 3. The SMILES string of the molecule is Cc1ccc2c3c(ccc2n1)OC[C@@H](Cc1cc(Br)ccc1S(=O)(=O)O)O3. The monoisotopic (exact) mass is 449 g/mol. The number of aromatic nitrogens is 1. The van der Waals surface area contributed by atoms with Crippen LogP contribution in [0.2, 0.25) is 0 Å². The molecule has 0 saturated carbocycles. The summed E-state index contributed by atoms with van der Waals surface area (Å²) in [6, 6.07) is 12.1. The highest BCUT2D eigenvalue weighted by Gasteiger charge is 2.26. The molecule has 2 heterocycles. The van der Waals surface area contributed by atoms with Crippen LogP contribution in [0.15, 0.2) is 51.8 Å². The van der Waals surface area contributed by atoms with Crippen LogP contribution in [0.25, 0.3) is 10.9 Å². The Balaban J connectivity index is 1.69. The fourth-order valence-electron chi connectivity index (χ4n) is 3.18. The van der Waals surface area contributed by atoms with Gasteiger partial charge in [0.05, 0.1) is 10.4 Å². The second-order valence-electron chi connectivity index (χ2n) is 6.39. The maximum Gasteiger partial charge on any atom is 0.294 e. The van der Waals surface area contributed by atoms with Crippen molar-refractivity contribution in [3.05, 3.63) is 58.2 Å². The van der Waals surface area contributed by atoms with E-state index in [0.29, 0.717) is 21.5 Å². The molecule has 0 unspecified atom stereocenters. The van der Waals surface area contributed by atoms with Crippen molar-refractivity contribution in [1.29, 1.82) is 0 Å². The fraction of sp³-hybridized carbons (Fsp3) is 0.211. The molecule has 6 nitrogen and oxygen atoms in total. The van der Waals surface area contributed by atoms with Crippen molar-refractivity contribution in [2.75, 3.05) is 6.61 Å². The highest BCUT2D eigenvalue weighted by molar-refractivity contribution is 9.10. The summed E-state index contributed by atoms with van der Waals surface area (Å²) in [5.74, 6) is 1.23. The predicted octanol–water partition coefficient (Wildman–Crippen LogP) is 3.93. The normalized spacial score (nSPS) is 16.5. The Hall–Kier alpha value is -2.16. The summed E-state index contributed by atoms with van der Waals surface area (Å²) in [4.78, 5) is 4.37. The first-order chi connectivity index (χ1) is 12.8. The van der Waals surface area contributed by atoms with Gasteiger partial charge >= 0.3 is 0 Å². The molecule has 0 saturated heterocycles. The van der Waals surface area contributed by atoms with Crippen molar-refractivity contribution in [2.24, 2.45) is 0 Å². The molecule has 1 aliphatic rings. The highest BCUT2D eigenvalue weighted by atomic mass is 79.9. The van der Waals surface area contributed by atoms with Gasteiger partial charge in [0.15, 0.2) is 11.5 Å². The first-order valence-electron chi connectivity index (χ1n) is 8.27. The van der Waals surface area contributed by atoms with Gasteiger partial charge in [0.2, 0.25) is 0 Å². The van der Waals surface area contributed by atoms with Crippen LogP contribution in [-0.4, -0.2) is 30.7 Å². The average molecular weight is 450 g/mol. The van der Waals surface area contributed by atoms with Crippen LogP contribution in [0.3, 0.4) is 0 Å². The topological polar surface area (TPSA) is 85.7 Å². The van der Waals surface area contributed by atoms with E-state index in [0.717, 1.165) is 16.6 Å². The molecule has 0 bridgehead atoms. The molecule has 0 spiro atoms. The molecule has 27 heavy (non-hydrogen) atoms. The molecule has 0 amide bonds. The second-order valence-corrected chi connectivity index (χ2v) is 8.70. The van der Waals surface area contributed by atoms with Gasteiger partial charge in [-0.3, -0.25) is 9.54 Å². The van der Waals surface area contributed by atoms with Gasteiger partial charge in [0.25, 0.3) is 10.1 Å². The zero-order valence-electron chi connectivity index (χ0n) is 14.3. The molecular formula is C19H16BrNO5S. The molecular weight excluding hydrogens is 434 g/mol. The van der Waals surface area contributed by atoms with Gasteiger partial charge in [-0.2, -0.15) is 8.42 Å². The minimum absolute atomic E-state index is 0.129. The summed E-state index contributed by atoms with van der Waals surface area (Å²) in [5, 5.41) is 0.840. The number of hydrogen-bond donors (Lipinski definition) is 1. The number of halogens is 1. The number of fused-ring (bicyclic) bond motifs is 3. The minimum Gasteiger partial charge on any atom is -0.486 e. The molecule has 2 aromatic carbocycles. The Bertz CT molecular complexity index is 1150. The number of benzene rings is 2. The van der Waals surface area contributed by atoms with Gasteiger partial charge in [0.1, 0.15) is 12.7 Å². The number of hydrogen-bond acceptors (Lipinski definition) is 5. The fourth-order valence-corrected chi connectivity index (χ4v) is 4.30. The summed E-state index contributed by atoms with van der Waals surface area (Å²) in [7, 11) is -4.33. The number of pyridine rings is 1. The van der Waals surface area contributed by atoms with Crippen molar-refractivity contribution in [1.82, 2.24) is 4.98 Å². The zero-order valence-corrected chi connectivity index (χ0v) is 16.7. The standard InChI is InChI=1S/C19H16BrNO5S/c1-11-2-4-15-16(21-11)5-6-17-19(15)26-14(10-25-17)9-12-8-13(20)3-7-18(12)27(22,23)24/h2-8,14H,9-10H2,1H3,(H,22,23,24)/t14-/m1/s1. The van der Waals surface area contributed by atoms with Crippen LogP contribution in [0, 0.1) is 6.92 Å². The lowest BCUT2D eigenvalue weighted by Gasteiger charge is -2.28. The Labute approximate surface area is 165 Å². The largest absolute Gasteiger partial charge is 0.486 e. The van der Waals surface area contributed by atoms with Gasteiger partial charge in [-0.1, -0.05) is 15.9 Å². The van der Waals surface area contributed by atoms with Crippen molar-refractivity contribution < 1.29 is 22.4 Å². The molecule has 1 atom stereocenters. The maximum atomic E-state index is 11.7. The van der Waals surface area contributed by atoms with E-state index in [-0.39, 0.29) is 17.9 Å². The van der Waals surface area contributed by atoms with Crippen LogP contribution < -0.4 is 9.47 Å². The number of ether oxygens (including phenoxy) is 2. The Kier molecular flexibility index (Phi) is 4.57. The summed E-state index contributed by atoms with van der Waals surface area (Å²) < 4.78 is 45.5. The van der Waals surface area contributed by atoms with Gasteiger partial charge in [-0.05, 0) is 55.0 Å². The van der Waals surface area contributed by atoms with E-state index in [9.17, 15) is 13.0 Å². The lowest BCUT2D eigenvalue weighted by Crippen LogP contribution is -2.31. The molecule has 1 aromatic heterocycles. The smallest absolute Gasteiger partial charge is 0.294 e. The second kappa shape index (κ2) is 6.78. The van der Waals surface area contributed by atoms with E-state index in [1.54, 1.807) is 12.1 Å². The van der Waals surface area contributed by atoms with E-state index >= 15 is 0 Å². The van der Waals surface area contributed by atoms with Crippen LogP contribution >= 0.6 is 15.9 Å². The van der Waals surface area contributed by atoms with Crippen LogP contribution in [-0.2, 0) is 16.5 Å². The Morgan fingerprint density at radius 1 is 1.22 bits per heavy atom. The van der Waals surface area contributed by atoms with Crippen LogP contribution in [0.1, 0.15) is 11.3 Å². The first kappa shape index (κ1) is 18.2. The molecule has 1 aliphatic heterocycles. The molecule has 0 aliphatic carbocycles. The molecule has 140 valence electrons. The first-order valence-corrected chi connectivity index (χ1v) is 10.5. The third-order valence-corrected chi connectivity index (χ3v) is 5.83. The summed E-state index contributed by atoms with van der Waals surface area (Å²) in [5.41, 5.74) is 2.17. The Morgan fingerprint density at radius 2 is 2.04 bits per heavy atom. The lowest BCUT2D eigenvalue weighted by molar-refractivity contribution is 0.0929. The van der Waals surface area contributed by atoms with Crippen molar-refractivity contribution in [3.63, 3.8) is 0 Å². The van der Waals surface area contributed by atoms with E-state index in [1.807, 2.05) is 31.2 Å². The van der Waals surface area contributed by atoms with Gasteiger partial charge in [-0.15, -0.1) is 0 Å². The van der Waals surface area contributed by atoms with Crippen molar-refractivity contribution >= 4 is 37.0 Å². The predicted molar refractivity (Wildman–Crippen MR) is 104 cm³/mol. The van der Waals surface area contributed by atoms with Crippen molar-refractivity contribution in [2.45, 2.75) is 24.3 Å².